The first-order valence-electron chi connectivity index (χ1n) is 5.85. The number of benzene rings is 2. The predicted octanol–water partition coefficient (Wildman–Crippen LogP) is 3.76. The van der Waals surface area contributed by atoms with E-state index in [2.05, 4.69) is 48.6 Å². The molecule has 0 aliphatic rings. The van der Waals surface area contributed by atoms with Gasteiger partial charge < -0.3 is 11.1 Å². The van der Waals surface area contributed by atoms with Gasteiger partial charge in [-0.15, -0.1) is 0 Å². The summed E-state index contributed by atoms with van der Waals surface area (Å²) in [6, 6.07) is 16.5. The van der Waals surface area contributed by atoms with E-state index in [1.807, 2.05) is 19.1 Å². The monoisotopic (exact) mass is 226 g/mol. The lowest BCUT2D eigenvalue weighted by atomic mass is 10.1. The molecule has 0 fully saturated rings. The maximum Gasteiger partial charge on any atom is 0.0432 e. The van der Waals surface area contributed by atoms with Crippen LogP contribution in [0.2, 0.25) is 0 Å². The van der Waals surface area contributed by atoms with E-state index in [-0.39, 0.29) is 6.04 Å². The highest BCUT2D eigenvalue weighted by Gasteiger charge is 2.05. The van der Waals surface area contributed by atoms with Gasteiger partial charge in [0.2, 0.25) is 0 Å². The summed E-state index contributed by atoms with van der Waals surface area (Å²) in [7, 11) is 0. The van der Waals surface area contributed by atoms with E-state index in [9.17, 15) is 0 Å². The SMILES string of the molecule is Cc1ccc(Nc2ccccc2[C@H](C)N)cc1. The number of hydrogen-bond donors (Lipinski definition) is 2. The molecule has 2 aromatic carbocycles. The number of nitrogens with one attached hydrogen (secondary N) is 1. The third-order valence-corrected chi connectivity index (χ3v) is 2.78. The smallest absolute Gasteiger partial charge is 0.0432 e. The molecule has 0 radical (unpaired) electrons. The molecule has 0 heterocycles. The minimum absolute atomic E-state index is 0.0316. The van der Waals surface area contributed by atoms with Crippen molar-refractivity contribution in [3.05, 3.63) is 59.7 Å². The Bertz CT molecular complexity index is 487. The van der Waals surface area contributed by atoms with Crippen molar-refractivity contribution in [2.75, 3.05) is 5.32 Å². The lowest BCUT2D eigenvalue weighted by molar-refractivity contribution is 0.820. The largest absolute Gasteiger partial charge is 0.355 e. The fourth-order valence-corrected chi connectivity index (χ4v) is 1.80. The molecule has 0 aliphatic heterocycles. The zero-order chi connectivity index (χ0) is 12.3. The molecular weight excluding hydrogens is 208 g/mol. The van der Waals surface area contributed by atoms with Crippen molar-refractivity contribution in [2.24, 2.45) is 5.73 Å². The van der Waals surface area contributed by atoms with Crippen LogP contribution in [0.15, 0.2) is 48.5 Å². The van der Waals surface area contributed by atoms with Gasteiger partial charge in [0.25, 0.3) is 0 Å². The number of hydrogen-bond acceptors (Lipinski definition) is 2. The molecule has 2 heteroatoms. The van der Waals surface area contributed by atoms with Gasteiger partial charge >= 0.3 is 0 Å². The summed E-state index contributed by atoms with van der Waals surface area (Å²) in [4.78, 5) is 0. The van der Waals surface area contributed by atoms with Crippen LogP contribution in [0.5, 0.6) is 0 Å². The Morgan fingerprint density at radius 2 is 1.65 bits per heavy atom. The summed E-state index contributed by atoms with van der Waals surface area (Å²) in [6.45, 7) is 4.08. The van der Waals surface area contributed by atoms with Crippen molar-refractivity contribution in [3.63, 3.8) is 0 Å². The lowest BCUT2D eigenvalue weighted by Crippen LogP contribution is -2.07. The highest BCUT2D eigenvalue weighted by Crippen LogP contribution is 2.24. The molecule has 0 aromatic heterocycles. The van der Waals surface area contributed by atoms with Crippen LogP contribution in [0.25, 0.3) is 0 Å². The van der Waals surface area contributed by atoms with Crippen LogP contribution >= 0.6 is 0 Å². The maximum absolute atomic E-state index is 5.95. The predicted molar refractivity (Wildman–Crippen MR) is 73.5 cm³/mol. The molecule has 0 saturated heterocycles. The van der Waals surface area contributed by atoms with Gasteiger partial charge in [-0.3, -0.25) is 0 Å². The third-order valence-electron chi connectivity index (χ3n) is 2.78. The molecule has 2 nitrogen and oxygen atoms in total. The molecule has 2 aromatic rings. The van der Waals surface area contributed by atoms with Crippen molar-refractivity contribution in [3.8, 4) is 0 Å². The average Bonchev–Trinajstić information content (AvgIpc) is 2.32. The van der Waals surface area contributed by atoms with Crippen LogP contribution in [-0.4, -0.2) is 0 Å². The van der Waals surface area contributed by atoms with E-state index in [4.69, 9.17) is 5.73 Å². The van der Waals surface area contributed by atoms with Gasteiger partial charge in [-0.2, -0.15) is 0 Å². The summed E-state index contributed by atoms with van der Waals surface area (Å²) in [6.07, 6.45) is 0. The van der Waals surface area contributed by atoms with Crippen LogP contribution in [0.4, 0.5) is 11.4 Å². The highest BCUT2D eigenvalue weighted by atomic mass is 14.9. The Balaban J connectivity index is 2.26. The second-order valence-corrected chi connectivity index (χ2v) is 4.37. The molecule has 0 bridgehead atoms. The van der Waals surface area contributed by atoms with Gasteiger partial charge in [0.15, 0.2) is 0 Å². The van der Waals surface area contributed by atoms with Crippen LogP contribution in [0.3, 0.4) is 0 Å². The number of anilines is 2. The van der Waals surface area contributed by atoms with Crippen molar-refractivity contribution >= 4 is 11.4 Å². The minimum Gasteiger partial charge on any atom is -0.355 e. The highest BCUT2D eigenvalue weighted by molar-refractivity contribution is 5.63. The molecule has 0 saturated carbocycles. The van der Waals surface area contributed by atoms with Crippen molar-refractivity contribution in [1.29, 1.82) is 0 Å². The van der Waals surface area contributed by atoms with Gasteiger partial charge in [0, 0.05) is 17.4 Å². The van der Waals surface area contributed by atoms with Crippen molar-refractivity contribution in [2.45, 2.75) is 19.9 Å². The Labute approximate surface area is 102 Å². The molecule has 88 valence electrons. The van der Waals surface area contributed by atoms with E-state index in [1.54, 1.807) is 0 Å². The van der Waals surface area contributed by atoms with Gasteiger partial charge in [-0.05, 0) is 37.6 Å². The van der Waals surface area contributed by atoms with E-state index in [1.165, 1.54) is 5.56 Å². The summed E-state index contributed by atoms with van der Waals surface area (Å²) < 4.78 is 0. The Morgan fingerprint density at radius 1 is 1.00 bits per heavy atom. The zero-order valence-corrected chi connectivity index (χ0v) is 10.3. The summed E-state index contributed by atoms with van der Waals surface area (Å²) in [5, 5.41) is 3.40. The lowest BCUT2D eigenvalue weighted by Gasteiger charge is -2.14. The van der Waals surface area contributed by atoms with Gasteiger partial charge in [-0.25, -0.2) is 0 Å². The Kier molecular flexibility index (Phi) is 3.45. The summed E-state index contributed by atoms with van der Waals surface area (Å²) in [5.41, 5.74) is 10.5. The van der Waals surface area contributed by atoms with Crippen LogP contribution in [-0.2, 0) is 0 Å². The van der Waals surface area contributed by atoms with E-state index in [0.717, 1.165) is 16.9 Å². The standard InChI is InChI=1S/C15H18N2/c1-11-7-9-13(10-8-11)17-15-6-4-3-5-14(15)12(2)16/h3-10,12,17H,16H2,1-2H3/t12-/m0/s1. The second-order valence-electron chi connectivity index (χ2n) is 4.37. The number of para-hydroxylation sites is 1. The topological polar surface area (TPSA) is 38.0 Å². The zero-order valence-electron chi connectivity index (χ0n) is 10.3. The first-order valence-corrected chi connectivity index (χ1v) is 5.85. The molecule has 0 unspecified atom stereocenters. The van der Waals surface area contributed by atoms with Crippen molar-refractivity contribution < 1.29 is 0 Å². The van der Waals surface area contributed by atoms with E-state index in [0.29, 0.717) is 0 Å². The first kappa shape index (κ1) is 11.7. The fourth-order valence-electron chi connectivity index (χ4n) is 1.80. The number of rotatable bonds is 3. The molecular formula is C15H18N2. The van der Waals surface area contributed by atoms with E-state index >= 15 is 0 Å². The summed E-state index contributed by atoms with van der Waals surface area (Å²) in [5.74, 6) is 0. The fraction of sp³-hybridized carbons (Fsp3) is 0.200. The average molecular weight is 226 g/mol. The van der Waals surface area contributed by atoms with Gasteiger partial charge in [0.05, 0.1) is 0 Å². The normalized spacial score (nSPS) is 12.2. The third kappa shape index (κ3) is 2.86. The molecule has 0 aliphatic carbocycles. The number of nitrogens with two attached hydrogens (primary N) is 1. The molecule has 2 rings (SSSR count). The van der Waals surface area contributed by atoms with Crippen LogP contribution < -0.4 is 11.1 Å². The van der Waals surface area contributed by atoms with Gasteiger partial charge in [0.1, 0.15) is 0 Å². The Hall–Kier alpha value is -1.80. The maximum atomic E-state index is 5.95. The number of aryl methyl sites for hydroxylation is 1. The quantitative estimate of drug-likeness (QED) is 0.836. The Morgan fingerprint density at radius 3 is 2.29 bits per heavy atom. The van der Waals surface area contributed by atoms with Crippen LogP contribution in [0.1, 0.15) is 24.1 Å². The second kappa shape index (κ2) is 5.02. The minimum atomic E-state index is 0.0316. The molecule has 17 heavy (non-hydrogen) atoms. The van der Waals surface area contributed by atoms with Gasteiger partial charge in [-0.1, -0.05) is 35.9 Å². The van der Waals surface area contributed by atoms with E-state index < -0.39 is 0 Å². The first-order chi connectivity index (χ1) is 8.16. The molecule has 0 spiro atoms. The molecule has 0 amide bonds. The summed E-state index contributed by atoms with van der Waals surface area (Å²) >= 11 is 0. The van der Waals surface area contributed by atoms with Crippen molar-refractivity contribution in [1.82, 2.24) is 0 Å². The molecule has 3 N–H and O–H groups in total. The molecule has 1 atom stereocenters. The van der Waals surface area contributed by atoms with Crippen LogP contribution in [0, 0.1) is 6.92 Å².